The van der Waals surface area contributed by atoms with Gasteiger partial charge in [0, 0.05) is 18.2 Å². The van der Waals surface area contributed by atoms with E-state index in [1.165, 1.54) is 6.20 Å². The molecule has 21 heavy (non-hydrogen) atoms. The Hall–Kier alpha value is -2.15. The molecule has 0 fully saturated rings. The van der Waals surface area contributed by atoms with Crippen molar-refractivity contribution in [2.45, 2.75) is 18.7 Å². The molecule has 112 valence electrons. The largest absolute Gasteiger partial charge is 0.416 e. The van der Waals surface area contributed by atoms with Crippen molar-refractivity contribution < 1.29 is 22.7 Å². The Labute approximate surface area is 118 Å². The molecule has 0 saturated heterocycles. The van der Waals surface area contributed by atoms with E-state index >= 15 is 0 Å². The molecule has 2 aromatic rings. The minimum Gasteiger partial charge on any atom is -0.388 e. The fraction of sp³-hybridized carbons (Fsp3) is 0.214. The molecule has 1 aromatic carbocycles. The number of aromatic nitrogens is 1. The second-order valence-electron chi connectivity index (χ2n) is 4.50. The monoisotopic (exact) mass is 300 g/mol. The van der Waals surface area contributed by atoms with E-state index in [1.54, 1.807) is 12.1 Å². The highest BCUT2D eigenvalue weighted by atomic mass is 19.4. The quantitative estimate of drug-likeness (QED) is 0.856. The first kappa shape index (κ1) is 15.2. The molecule has 2 rings (SSSR count). The molecule has 1 atom stereocenters. The van der Waals surface area contributed by atoms with Crippen molar-refractivity contribution in [1.82, 2.24) is 4.98 Å². The third-order valence-corrected chi connectivity index (χ3v) is 3.02. The maximum atomic E-state index is 13.6. The fourth-order valence-corrected chi connectivity index (χ4v) is 1.92. The number of anilines is 1. The van der Waals surface area contributed by atoms with Crippen molar-refractivity contribution in [3.63, 3.8) is 0 Å². The van der Waals surface area contributed by atoms with Crippen LogP contribution in [0.25, 0.3) is 0 Å². The van der Waals surface area contributed by atoms with Crippen molar-refractivity contribution in [2.75, 3.05) is 5.73 Å². The zero-order valence-electron chi connectivity index (χ0n) is 10.7. The van der Waals surface area contributed by atoms with Gasteiger partial charge in [-0.05, 0) is 29.8 Å². The third kappa shape index (κ3) is 3.49. The van der Waals surface area contributed by atoms with Gasteiger partial charge < -0.3 is 10.8 Å². The van der Waals surface area contributed by atoms with Crippen LogP contribution in [0.2, 0.25) is 0 Å². The molecule has 0 saturated carbocycles. The highest BCUT2D eigenvalue weighted by Gasteiger charge is 2.32. The van der Waals surface area contributed by atoms with Crippen LogP contribution in [-0.2, 0) is 12.6 Å². The van der Waals surface area contributed by atoms with Crippen molar-refractivity contribution in [3.05, 3.63) is 59.0 Å². The molecule has 1 unspecified atom stereocenters. The maximum absolute atomic E-state index is 13.6. The van der Waals surface area contributed by atoms with Crippen LogP contribution < -0.4 is 5.73 Å². The maximum Gasteiger partial charge on any atom is 0.416 e. The van der Waals surface area contributed by atoms with Crippen molar-refractivity contribution in [1.29, 1.82) is 0 Å². The average molecular weight is 300 g/mol. The van der Waals surface area contributed by atoms with Gasteiger partial charge in [0.1, 0.15) is 11.6 Å². The molecule has 1 aromatic heterocycles. The molecule has 1 heterocycles. The number of hydrogen-bond acceptors (Lipinski definition) is 3. The number of pyridine rings is 1. The molecule has 0 bridgehead atoms. The number of rotatable bonds is 3. The van der Waals surface area contributed by atoms with Crippen LogP contribution in [0.4, 0.5) is 23.4 Å². The second-order valence-corrected chi connectivity index (χ2v) is 4.50. The number of benzene rings is 1. The Morgan fingerprint density at radius 3 is 2.57 bits per heavy atom. The van der Waals surface area contributed by atoms with Crippen LogP contribution >= 0.6 is 0 Å². The second kappa shape index (κ2) is 5.69. The highest BCUT2D eigenvalue weighted by Crippen LogP contribution is 2.32. The smallest absolute Gasteiger partial charge is 0.388 e. The van der Waals surface area contributed by atoms with Gasteiger partial charge in [0.05, 0.1) is 11.7 Å². The number of hydrogen-bond donors (Lipinski definition) is 2. The summed E-state index contributed by atoms with van der Waals surface area (Å²) in [6.07, 6.45) is -4.73. The van der Waals surface area contributed by atoms with E-state index < -0.39 is 29.2 Å². The standard InChI is InChI=1S/C14H12F4N2O/c15-11-4-3-9(14(16,17)18)7-10(11)12(21)6-8-2-1-5-20-13(8)19/h1-5,7,12,21H,6H2,(H2,19,20). The topological polar surface area (TPSA) is 59.1 Å². The first-order valence-electron chi connectivity index (χ1n) is 6.03. The molecule has 7 heteroatoms. The first-order chi connectivity index (χ1) is 9.79. The summed E-state index contributed by atoms with van der Waals surface area (Å²) in [5.41, 5.74) is 4.58. The summed E-state index contributed by atoms with van der Waals surface area (Å²) >= 11 is 0. The van der Waals surface area contributed by atoms with Gasteiger partial charge in [-0.25, -0.2) is 9.37 Å². The number of nitrogen functional groups attached to an aromatic ring is 1. The summed E-state index contributed by atoms with van der Waals surface area (Å²) < 4.78 is 51.5. The lowest BCUT2D eigenvalue weighted by molar-refractivity contribution is -0.137. The van der Waals surface area contributed by atoms with Crippen LogP contribution in [0.3, 0.4) is 0 Å². The van der Waals surface area contributed by atoms with Crippen molar-refractivity contribution >= 4 is 5.82 Å². The van der Waals surface area contributed by atoms with E-state index in [1.807, 2.05) is 0 Å². The predicted octanol–water partition coefficient (Wildman–Crippen LogP) is 3.10. The molecule has 3 nitrogen and oxygen atoms in total. The molecule has 0 aliphatic rings. The van der Waals surface area contributed by atoms with E-state index in [0.29, 0.717) is 23.8 Å². The predicted molar refractivity (Wildman–Crippen MR) is 68.7 cm³/mol. The van der Waals surface area contributed by atoms with E-state index in [9.17, 15) is 22.7 Å². The van der Waals surface area contributed by atoms with Crippen molar-refractivity contribution in [2.24, 2.45) is 0 Å². The third-order valence-electron chi connectivity index (χ3n) is 3.02. The van der Waals surface area contributed by atoms with Crippen molar-refractivity contribution in [3.8, 4) is 0 Å². The molecule has 0 amide bonds. The van der Waals surface area contributed by atoms with Gasteiger partial charge in [0.2, 0.25) is 0 Å². The van der Waals surface area contributed by atoms with Gasteiger partial charge >= 0.3 is 6.18 Å². The number of halogens is 4. The van der Waals surface area contributed by atoms with E-state index in [2.05, 4.69) is 4.98 Å². The minimum atomic E-state index is -4.60. The number of aliphatic hydroxyl groups is 1. The molecular formula is C14H12F4N2O. The molecule has 0 radical (unpaired) electrons. The van der Waals surface area contributed by atoms with Crippen LogP contribution in [-0.4, -0.2) is 10.1 Å². The van der Waals surface area contributed by atoms with Gasteiger partial charge in [-0.3, -0.25) is 0 Å². The van der Waals surface area contributed by atoms with E-state index in [-0.39, 0.29) is 12.2 Å². The zero-order valence-corrected chi connectivity index (χ0v) is 10.7. The van der Waals surface area contributed by atoms with Crippen LogP contribution in [0.5, 0.6) is 0 Å². The molecule has 0 aliphatic heterocycles. The molecule has 0 spiro atoms. The van der Waals surface area contributed by atoms with Crippen LogP contribution in [0.1, 0.15) is 22.8 Å². The summed E-state index contributed by atoms with van der Waals surface area (Å²) in [7, 11) is 0. The van der Waals surface area contributed by atoms with Gasteiger partial charge in [-0.2, -0.15) is 13.2 Å². The zero-order chi connectivity index (χ0) is 15.6. The Morgan fingerprint density at radius 2 is 1.95 bits per heavy atom. The summed E-state index contributed by atoms with van der Waals surface area (Å²) in [6.45, 7) is 0. The fourth-order valence-electron chi connectivity index (χ4n) is 1.92. The molecule has 3 N–H and O–H groups in total. The van der Waals surface area contributed by atoms with Gasteiger partial charge in [0.25, 0.3) is 0 Å². The number of nitrogens with two attached hydrogens (primary N) is 1. The number of alkyl halides is 3. The number of nitrogens with zero attached hydrogens (tertiary/aromatic N) is 1. The van der Waals surface area contributed by atoms with Crippen LogP contribution in [0.15, 0.2) is 36.5 Å². The minimum absolute atomic E-state index is 0.127. The normalized spacial score (nSPS) is 13.2. The summed E-state index contributed by atoms with van der Waals surface area (Å²) in [4.78, 5) is 3.80. The lowest BCUT2D eigenvalue weighted by Crippen LogP contribution is -2.11. The van der Waals surface area contributed by atoms with Gasteiger partial charge in [-0.15, -0.1) is 0 Å². The summed E-state index contributed by atoms with van der Waals surface area (Å²) in [5.74, 6) is -0.762. The Balaban J connectivity index is 2.31. The van der Waals surface area contributed by atoms with E-state index in [0.717, 1.165) is 0 Å². The Morgan fingerprint density at radius 1 is 1.24 bits per heavy atom. The van der Waals surface area contributed by atoms with Gasteiger partial charge in [0.15, 0.2) is 0 Å². The summed E-state index contributed by atoms with van der Waals surface area (Å²) in [6, 6.07) is 5.06. The highest BCUT2D eigenvalue weighted by molar-refractivity contribution is 5.40. The molecule has 0 aliphatic carbocycles. The molecular weight excluding hydrogens is 288 g/mol. The van der Waals surface area contributed by atoms with Gasteiger partial charge in [-0.1, -0.05) is 6.07 Å². The Bertz CT molecular complexity index is 643. The van der Waals surface area contributed by atoms with Crippen LogP contribution in [0, 0.1) is 5.82 Å². The Kier molecular flexibility index (Phi) is 4.13. The first-order valence-corrected chi connectivity index (χ1v) is 6.03. The average Bonchev–Trinajstić information content (AvgIpc) is 2.40. The lowest BCUT2D eigenvalue weighted by Gasteiger charge is -2.15. The lowest BCUT2D eigenvalue weighted by atomic mass is 9.99. The van der Waals surface area contributed by atoms with E-state index in [4.69, 9.17) is 5.73 Å². The summed E-state index contributed by atoms with van der Waals surface area (Å²) in [5, 5.41) is 9.98. The SMILES string of the molecule is Nc1ncccc1CC(O)c1cc(C(F)(F)F)ccc1F. The number of aliphatic hydroxyl groups excluding tert-OH is 1.